The van der Waals surface area contributed by atoms with Crippen molar-refractivity contribution in [3.63, 3.8) is 0 Å². The minimum absolute atomic E-state index is 0.132. The number of carbonyl (C=O) groups excluding carboxylic acids is 1. The zero-order valence-electron chi connectivity index (χ0n) is 10.6. The van der Waals surface area contributed by atoms with Gasteiger partial charge in [0.2, 0.25) is 5.91 Å². The first-order valence-electron chi connectivity index (χ1n) is 5.64. The number of halogens is 3. The second kappa shape index (κ2) is 7.94. The van der Waals surface area contributed by atoms with Crippen LogP contribution < -0.4 is 10.6 Å². The molecule has 0 radical (unpaired) electrons. The Hall–Kier alpha value is -0.490. The number of anilines is 1. The van der Waals surface area contributed by atoms with Gasteiger partial charge in [0, 0.05) is 18.1 Å². The Morgan fingerprint density at radius 2 is 2.11 bits per heavy atom. The molecule has 0 spiro atoms. The average Bonchev–Trinajstić information content (AvgIpc) is 2.39. The number of methoxy groups -OCH3 is 1. The first kappa shape index (κ1) is 16.6. The van der Waals surface area contributed by atoms with Gasteiger partial charge in [0.1, 0.15) is 6.04 Å². The predicted octanol–water partition coefficient (Wildman–Crippen LogP) is 3.32. The topological polar surface area (TPSA) is 50.4 Å². The Morgan fingerprint density at radius 3 is 2.74 bits per heavy atom. The molecule has 1 unspecified atom stereocenters. The lowest BCUT2D eigenvalue weighted by molar-refractivity contribution is -0.121. The molecule has 1 aromatic carbocycles. The van der Waals surface area contributed by atoms with Crippen LogP contribution in [0.5, 0.6) is 0 Å². The summed E-state index contributed by atoms with van der Waals surface area (Å²) in [5.41, 5.74) is 0.615. The van der Waals surface area contributed by atoms with E-state index in [9.17, 15) is 4.79 Å². The van der Waals surface area contributed by atoms with E-state index in [0.717, 1.165) is 0 Å². The second-order valence-corrected chi connectivity index (χ2v) is 5.48. The second-order valence-electron chi connectivity index (χ2n) is 3.87. The van der Waals surface area contributed by atoms with Gasteiger partial charge in [-0.1, -0.05) is 23.2 Å². The van der Waals surface area contributed by atoms with E-state index in [-0.39, 0.29) is 5.91 Å². The number of benzene rings is 1. The van der Waals surface area contributed by atoms with E-state index >= 15 is 0 Å². The molecule has 2 N–H and O–H groups in total. The minimum Gasteiger partial charge on any atom is -0.383 e. The molecule has 0 saturated carbocycles. The van der Waals surface area contributed by atoms with Crippen LogP contribution in [0, 0.1) is 0 Å². The van der Waals surface area contributed by atoms with Crippen LogP contribution in [-0.4, -0.2) is 32.2 Å². The SMILES string of the molecule is COCCNC(=O)C(C)Nc1ccc(Br)c(Cl)c1Cl. The van der Waals surface area contributed by atoms with Gasteiger partial charge in [-0.05, 0) is 35.0 Å². The lowest BCUT2D eigenvalue weighted by atomic mass is 10.2. The highest BCUT2D eigenvalue weighted by atomic mass is 79.9. The summed E-state index contributed by atoms with van der Waals surface area (Å²) in [6.45, 7) is 2.69. The molecule has 0 bridgehead atoms. The van der Waals surface area contributed by atoms with Gasteiger partial charge in [-0.3, -0.25) is 4.79 Å². The third-order valence-corrected chi connectivity index (χ3v) is 4.18. The van der Waals surface area contributed by atoms with Crippen LogP contribution in [0.25, 0.3) is 0 Å². The Kier molecular flexibility index (Phi) is 6.93. The molecule has 0 aliphatic rings. The smallest absolute Gasteiger partial charge is 0.242 e. The van der Waals surface area contributed by atoms with E-state index in [1.807, 2.05) is 0 Å². The normalized spacial score (nSPS) is 12.1. The van der Waals surface area contributed by atoms with Crippen molar-refractivity contribution in [2.75, 3.05) is 25.6 Å². The van der Waals surface area contributed by atoms with Crippen LogP contribution in [0.4, 0.5) is 5.69 Å². The molecule has 4 nitrogen and oxygen atoms in total. The molecule has 0 fully saturated rings. The summed E-state index contributed by atoms with van der Waals surface area (Å²) in [6, 6.07) is 3.11. The van der Waals surface area contributed by atoms with Gasteiger partial charge < -0.3 is 15.4 Å². The van der Waals surface area contributed by atoms with Crippen LogP contribution in [-0.2, 0) is 9.53 Å². The zero-order chi connectivity index (χ0) is 14.4. The summed E-state index contributed by atoms with van der Waals surface area (Å²) < 4.78 is 5.57. The number of hydrogen-bond acceptors (Lipinski definition) is 3. The van der Waals surface area contributed by atoms with E-state index in [1.165, 1.54) is 0 Å². The molecular formula is C12H15BrCl2N2O2. The van der Waals surface area contributed by atoms with E-state index in [1.54, 1.807) is 26.2 Å². The number of hydrogen-bond donors (Lipinski definition) is 2. The highest BCUT2D eigenvalue weighted by molar-refractivity contribution is 9.10. The van der Waals surface area contributed by atoms with Crippen molar-refractivity contribution in [1.82, 2.24) is 5.32 Å². The van der Waals surface area contributed by atoms with Gasteiger partial charge in [-0.15, -0.1) is 0 Å². The minimum atomic E-state index is -0.424. The van der Waals surface area contributed by atoms with Crippen LogP contribution in [0.3, 0.4) is 0 Å². The van der Waals surface area contributed by atoms with Gasteiger partial charge in [-0.25, -0.2) is 0 Å². The number of ether oxygens (including phenoxy) is 1. The summed E-state index contributed by atoms with van der Waals surface area (Å²) in [4.78, 5) is 11.8. The monoisotopic (exact) mass is 368 g/mol. The van der Waals surface area contributed by atoms with Crippen molar-refractivity contribution >= 4 is 50.7 Å². The Balaban J connectivity index is 2.64. The molecule has 1 rings (SSSR count). The third kappa shape index (κ3) is 4.84. The lowest BCUT2D eigenvalue weighted by Gasteiger charge is -2.17. The number of nitrogens with one attached hydrogen (secondary N) is 2. The maximum atomic E-state index is 11.8. The summed E-state index contributed by atoms with van der Waals surface area (Å²) in [5.74, 6) is -0.132. The van der Waals surface area contributed by atoms with Gasteiger partial charge in [0.25, 0.3) is 0 Å². The Morgan fingerprint density at radius 1 is 1.42 bits per heavy atom. The molecular weight excluding hydrogens is 355 g/mol. The van der Waals surface area contributed by atoms with Gasteiger partial charge in [0.15, 0.2) is 0 Å². The standard InChI is InChI=1S/C12H15BrCl2N2O2/c1-7(12(18)16-5-6-19-2)17-9-4-3-8(13)10(14)11(9)15/h3-4,7,17H,5-6H2,1-2H3,(H,16,18). The highest BCUT2D eigenvalue weighted by Crippen LogP contribution is 2.36. The lowest BCUT2D eigenvalue weighted by Crippen LogP contribution is -2.39. The quantitative estimate of drug-likeness (QED) is 0.597. The molecule has 1 atom stereocenters. The van der Waals surface area contributed by atoms with E-state index in [2.05, 4.69) is 26.6 Å². The summed E-state index contributed by atoms with van der Waals surface area (Å²) in [7, 11) is 1.58. The molecule has 7 heteroatoms. The van der Waals surface area contributed by atoms with Gasteiger partial charge in [-0.2, -0.15) is 0 Å². The van der Waals surface area contributed by atoms with Crippen molar-refractivity contribution in [2.45, 2.75) is 13.0 Å². The van der Waals surface area contributed by atoms with Crippen molar-refractivity contribution < 1.29 is 9.53 Å². The summed E-state index contributed by atoms with van der Waals surface area (Å²) in [5, 5.41) is 6.55. The molecule has 0 heterocycles. The highest BCUT2D eigenvalue weighted by Gasteiger charge is 2.15. The van der Waals surface area contributed by atoms with Crippen LogP contribution in [0.2, 0.25) is 10.0 Å². The molecule has 1 aromatic rings. The molecule has 19 heavy (non-hydrogen) atoms. The van der Waals surface area contributed by atoms with Crippen molar-refractivity contribution in [3.05, 3.63) is 26.7 Å². The van der Waals surface area contributed by atoms with Crippen molar-refractivity contribution in [3.8, 4) is 0 Å². The first-order chi connectivity index (χ1) is 8.97. The van der Waals surface area contributed by atoms with Crippen LogP contribution in [0.1, 0.15) is 6.92 Å². The van der Waals surface area contributed by atoms with Crippen molar-refractivity contribution in [2.24, 2.45) is 0 Å². The summed E-state index contributed by atoms with van der Waals surface area (Å²) in [6.07, 6.45) is 0. The third-order valence-electron chi connectivity index (χ3n) is 2.41. The van der Waals surface area contributed by atoms with Crippen LogP contribution >= 0.6 is 39.1 Å². The number of carbonyl (C=O) groups is 1. The van der Waals surface area contributed by atoms with Crippen molar-refractivity contribution in [1.29, 1.82) is 0 Å². The molecule has 106 valence electrons. The average molecular weight is 370 g/mol. The van der Waals surface area contributed by atoms with Gasteiger partial charge in [0.05, 0.1) is 22.3 Å². The van der Waals surface area contributed by atoms with Crippen LogP contribution in [0.15, 0.2) is 16.6 Å². The number of amides is 1. The fourth-order valence-electron chi connectivity index (χ4n) is 1.37. The number of rotatable bonds is 6. The van der Waals surface area contributed by atoms with E-state index in [4.69, 9.17) is 27.9 Å². The molecule has 0 aliphatic heterocycles. The van der Waals surface area contributed by atoms with E-state index < -0.39 is 6.04 Å². The predicted molar refractivity (Wildman–Crippen MR) is 82.1 cm³/mol. The maximum Gasteiger partial charge on any atom is 0.242 e. The molecule has 1 amide bonds. The molecule has 0 aromatic heterocycles. The van der Waals surface area contributed by atoms with Gasteiger partial charge >= 0.3 is 0 Å². The zero-order valence-corrected chi connectivity index (χ0v) is 13.7. The fourth-order valence-corrected chi connectivity index (χ4v) is 2.19. The first-order valence-corrected chi connectivity index (χ1v) is 7.19. The Bertz CT molecular complexity index is 458. The molecule has 0 aliphatic carbocycles. The Labute approximate surface area is 130 Å². The maximum absolute atomic E-state index is 11.8. The molecule has 0 saturated heterocycles. The summed E-state index contributed by atoms with van der Waals surface area (Å²) >= 11 is 15.4. The largest absolute Gasteiger partial charge is 0.383 e. The van der Waals surface area contributed by atoms with E-state index in [0.29, 0.717) is 33.4 Å². The fraction of sp³-hybridized carbons (Fsp3) is 0.417.